The molecule has 1 aromatic rings. The fraction of sp³-hybridized carbons (Fsp3) is 0.630. The quantitative estimate of drug-likeness (QED) is 0.196. The topological polar surface area (TPSA) is 61.8 Å². The van der Waals surface area contributed by atoms with Gasteiger partial charge in [-0.1, -0.05) is 19.4 Å². The van der Waals surface area contributed by atoms with Crippen LogP contribution in [-0.2, 0) is 14.3 Å². The largest absolute Gasteiger partial charge is 0.494 e. The second-order valence-corrected chi connectivity index (χ2v) is 9.18. The number of unbranched alkanes of at least 4 members (excludes halogenated alkanes) is 1. The van der Waals surface area contributed by atoms with E-state index in [1.54, 1.807) is 6.08 Å². The summed E-state index contributed by atoms with van der Waals surface area (Å²) < 4.78 is 16.8. The highest BCUT2D eigenvalue weighted by atomic mass is 16.5. The predicted octanol–water partition coefficient (Wildman–Crippen LogP) is 6.26. The van der Waals surface area contributed by atoms with Crippen molar-refractivity contribution >= 4 is 11.9 Å². The molecule has 0 bridgehead atoms. The van der Waals surface area contributed by atoms with Crippen molar-refractivity contribution in [3.05, 3.63) is 36.4 Å². The van der Waals surface area contributed by atoms with Crippen molar-refractivity contribution in [3.63, 3.8) is 0 Å². The Bertz CT molecular complexity index is 738. The molecular weight excluding hydrogens is 404 g/mol. The molecule has 2 aliphatic rings. The minimum Gasteiger partial charge on any atom is -0.494 e. The van der Waals surface area contributed by atoms with Gasteiger partial charge < -0.3 is 14.2 Å². The molecule has 0 saturated heterocycles. The average Bonchev–Trinajstić information content (AvgIpc) is 2.81. The van der Waals surface area contributed by atoms with Gasteiger partial charge in [0.15, 0.2) is 0 Å². The lowest BCUT2D eigenvalue weighted by Gasteiger charge is -2.37. The van der Waals surface area contributed by atoms with E-state index in [9.17, 15) is 9.59 Å². The molecular formula is C27H38O5. The molecule has 0 radical (unpaired) electrons. The van der Waals surface area contributed by atoms with Gasteiger partial charge in [-0.25, -0.2) is 4.79 Å². The number of esters is 2. The molecule has 32 heavy (non-hydrogen) atoms. The first-order valence-corrected chi connectivity index (χ1v) is 12.4. The van der Waals surface area contributed by atoms with Crippen molar-refractivity contribution in [1.29, 1.82) is 0 Å². The zero-order chi connectivity index (χ0) is 22.8. The van der Waals surface area contributed by atoms with Gasteiger partial charge in [0, 0.05) is 6.08 Å². The summed E-state index contributed by atoms with van der Waals surface area (Å²) in [5.41, 5.74) is 0. The van der Waals surface area contributed by atoms with E-state index in [2.05, 4.69) is 6.92 Å². The number of carbonyl (C=O) groups excluding carboxylic acids is 2. The lowest BCUT2D eigenvalue weighted by atomic mass is 9.70. The van der Waals surface area contributed by atoms with Crippen LogP contribution in [0.25, 0.3) is 0 Å². The van der Waals surface area contributed by atoms with Crippen molar-refractivity contribution < 1.29 is 23.8 Å². The van der Waals surface area contributed by atoms with Crippen LogP contribution in [0.2, 0.25) is 0 Å². The summed E-state index contributed by atoms with van der Waals surface area (Å²) in [7, 11) is 0. The Labute approximate surface area is 192 Å². The number of benzene rings is 1. The maximum atomic E-state index is 12.6. The second-order valence-electron chi connectivity index (χ2n) is 9.18. The van der Waals surface area contributed by atoms with Crippen LogP contribution in [0.15, 0.2) is 36.4 Å². The van der Waals surface area contributed by atoms with Gasteiger partial charge in [0.2, 0.25) is 0 Å². The Morgan fingerprint density at radius 3 is 2.09 bits per heavy atom. The van der Waals surface area contributed by atoms with E-state index in [4.69, 9.17) is 14.2 Å². The first-order valence-electron chi connectivity index (χ1n) is 12.4. The molecule has 0 aromatic heterocycles. The van der Waals surface area contributed by atoms with Crippen molar-refractivity contribution in [3.8, 4) is 11.5 Å². The van der Waals surface area contributed by atoms with Crippen LogP contribution in [0, 0.1) is 17.8 Å². The summed E-state index contributed by atoms with van der Waals surface area (Å²) in [5.74, 6) is 2.41. The first-order chi connectivity index (χ1) is 15.6. The van der Waals surface area contributed by atoms with E-state index >= 15 is 0 Å². The Hall–Kier alpha value is -2.30. The summed E-state index contributed by atoms with van der Waals surface area (Å²) in [6.07, 6.45) is 13.5. The third-order valence-electron chi connectivity index (χ3n) is 6.89. The molecule has 0 heterocycles. The SMILES string of the molecule is C/C=C/C(=O)O[C@H]1CC[C@H]([C@H]2CC[C@H](C(=O)Oc3ccc(OCCCC)cc3)CC2)CC1. The van der Waals surface area contributed by atoms with E-state index in [-0.39, 0.29) is 24.0 Å². The van der Waals surface area contributed by atoms with Crippen LogP contribution in [0.5, 0.6) is 11.5 Å². The lowest BCUT2D eigenvalue weighted by molar-refractivity contribution is -0.145. The minimum atomic E-state index is -0.228. The number of ether oxygens (including phenoxy) is 3. The van der Waals surface area contributed by atoms with Crippen molar-refractivity contribution in [2.75, 3.05) is 6.61 Å². The average molecular weight is 443 g/mol. The third-order valence-corrected chi connectivity index (χ3v) is 6.89. The first kappa shape index (κ1) is 24.3. The zero-order valence-electron chi connectivity index (χ0n) is 19.6. The second kappa shape index (κ2) is 12.7. The van der Waals surface area contributed by atoms with Gasteiger partial charge in [-0.3, -0.25) is 4.79 Å². The van der Waals surface area contributed by atoms with Crippen LogP contribution in [-0.4, -0.2) is 24.6 Å². The molecule has 1 aromatic carbocycles. The normalized spacial score (nSPS) is 25.9. The lowest BCUT2D eigenvalue weighted by Crippen LogP contribution is -2.31. The Balaban J connectivity index is 1.37. The van der Waals surface area contributed by atoms with Crippen molar-refractivity contribution in [1.82, 2.24) is 0 Å². The molecule has 0 unspecified atom stereocenters. The van der Waals surface area contributed by atoms with Crippen LogP contribution >= 0.6 is 0 Å². The van der Waals surface area contributed by atoms with Gasteiger partial charge in [-0.2, -0.15) is 0 Å². The summed E-state index contributed by atoms with van der Waals surface area (Å²) in [6, 6.07) is 7.35. The van der Waals surface area contributed by atoms with E-state index in [0.717, 1.165) is 70.0 Å². The molecule has 0 atom stereocenters. The molecule has 0 aliphatic heterocycles. The molecule has 3 rings (SSSR count). The summed E-state index contributed by atoms with van der Waals surface area (Å²) in [5, 5.41) is 0. The van der Waals surface area contributed by atoms with E-state index < -0.39 is 0 Å². The van der Waals surface area contributed by atoms with Gasteiger partial charge in [0.25, 0.3) is 0 Å². The molecule has 5 nitrogen and oxygen atoms in total. The summed E-state index contributed by atoms with van der Waals surface area (Å²) in [4.78, 5) is 24.3. The van der Waals surface area contributed by atoms with Gasteiger partial charge in [-0.15, -0.1) is 0 Å². The van der Waals surface area contributed by atoms with E-state index in [1.165, 1.54) is 6.08 Å². The number of carbonyl (C=O) groups is 2. The summed E-state index contributed by atoms with van der Waals surface area (Å²) >= 11 is 0. The smallest absolute Gasteiger partial charge is 0.330 e. The molecule has 2 aliphatic carbocycles. The van der Waals surface area contributed by atoms with E-state index in [0.29, 0.717) is 24.2 Å². The van der Waals surface area contributed by atoms with Gasteiger partial charge in [0.1, 0.15) is 17.6 Å². The Kier molecular flexibility index (Phi) is 9.63. The van der Waals surface area contributed by atoms with Crippen molar-refractivity contribution in [2.24, 2.45) is 17.8 Å². The number of hydrogen-bond acceptors (Lipinski definition) is 5. The Morgan fingerprint density at radius 1 is 0.906 bits per heavy atom. The fourth-order valence-corrected chi connectivity index (χ4v) is 4.98. The van der Waals surface area contributed by atoms with E-state index in [1.807, 2.05) is 31.2 Å². The maximum Gasteiger partial charge on any atom is 0.330 e. The number of hydrogen-bond donors (Lipinski definition) is 0. The monoisotopic (exact) mass is 442 g/mol. The standard InChI is InChI=1S/C27H38O5/c1-3-5-19-30-23-15-17-25(18-16-23)32-27(29)22-9-7-20(8-10-22)21-11-13-24(14-12-21)31-26(28)6-4-2/h4,6,15-18,20-22,24H,3,5,7-14,19H2,1-2H3/b6-4+/t20-,21-,22-,24-. The van der Waals surface area contributed by atoms with Gasteiger partial charge in [-0.05, 0) is 101 Å². The summed E-state index contributed by atoms with van der Waals surface area (Å²) in [6.45, 7) is 4.67. The van der Waals surface area contributed by atoms with Crippen LogP contribution in [0.4, 0.5) is 0 Å². The molecule has 2 fully saturated rings. The number of rotatable bonds is 9. The predicted molar refractivity (Wildman–Crippen MR) is 125 cm³/mol. The molecule has 0 N–H and O–H groups in total. The number of allylic oxidation sites excluding steroid dienone is 1. The van der Waals surface area contributed by atoms with Crippen molar-refractivity contribution in [2.45, 2.75) is 84.2 Å². The van der Waals surface area contributed by atoms with Gasteiger partial charge in [0.05, 0.1) is 12.5 Å². The highest BCUT2D eigenvalue weighted by Crippen LogP contribution is 2.41. The van der Waals surface area contributed by atoms with Crippen LogP contribution in [0.3, 0.4) is 0 Å². The molecule has 2 saturated carbocycles. The Morgan fingerprint density at radius 2 is 1.50 bits per heavy atom. The fourth-order valence-electron chi connectivity index (χ4n) is 4.98. The molecule has 176 valence electrons. The van der Waals surface area contributed by atoms with Crippen LogP contribution in [0.1, 0.15) is 78.1 Å². The minimum absolute atomic E-state index is 0.00939. The highest BCUT2D eigenvalue weighted by Gasteiger charge is 2.34. The third kappa shape index (κ3) is 7.39. The van der Waals surface area contributed by atoms with Crippen LogP contribution < -0.4 is 9.47 Å². The molecule has 0 spiro atoms. The maximum absolute atomic E-state index is 12.6. The molecule has 5 heteroatoms. The molecule has 0 amide bonds. The highest BCUT2D eigenvalue weighted by molar-refractivity contribution is 5.81. The van der Waals surface area contributed by atoms with Gasteiger partial charge >= 0.3 is 11.9 Å². The zero-order valence-corrected chi connectivity index (χ0v) is 19.6.